The molecule has 4 nitrogen and oxygen atoms in total. The minimum absolute atomic E-state index is 0.168. The third-order valence-corrected chi connectivity index (χ3v) is 3.06. The SMILES string of the molecule is CCOC(=O)c1cc(-c2ccc(Cl)s2)on1. The van der Waals surface area contributed by atoms with Gasteiger partial charge in [-0.25, -0.2) is 4.79 Å². The molecule has 84 valence electrons. The minimum atomic E-state index is -0.486. The monoisotopic (exact) mass is 257 g/mol. The number of rotatable bonds is 3. The molecule has 0 aromatic carbocycles. The van der Waals surface area contributed by atoms with E-state index in [1.807, 2.05) is 6.07 Å². The van der Waals surface area contributed by atoms with E-state index in [4.69, 9.17) is 20.9 Å². The molecule has 0 saturated carbocycles. The largest absolute Gasteiger partial charge is 0.461 e. The van der Waals surface area contributed by atoms with Crippen LogP contribution in [0.2, 0.25) is 4.34 Å². The predicted octanol–water partition coefficient (Wildman–Crippen LogP) is 3.23. The molecule has 0 unspecified atom stereocenters. The first-order valence-electron chi connectivity index (χ1n) is 4.60. The average molecular weight is 258 g/mol. The van der Waals surface area contributed by atoms with Crippen molar-refractivity contribution < 1.29 is 14.1 Å². The molecule has 0 N–H and O–H groups in total. The second-order valence-corrected chi connectivity index (χ2v) is 4.62. The molecule has 0 bridgehead atoms. The number of hydrogen-bond donors (Lipinski definition) is 0. The lowest BCUT2D eigenvalue weighted by Gasteiger charge is -1.94. The molecule has 16 heavy (non-hydrogen) atoms. The van der Waals surface area contributed by atoms with E-state index in [0.717, 1.165) is 4.88 Å². The zero-order valence-corrected chi connectivity index (χ0v) is 9.97. The summed E-state index contributed by atoms with van der Waals surface area (Å²) < 4.78 is 10.5. The van der Waals surface area contributed by atoms with Gasteiger partial charge in [0.1, 0.15) is 0 Å². The van der Waals surface area contributed by atoms with Crippen LogP contribution in [0.15, 0.2) is 22.7 Å². The van der Waals surface area contributed by atoms with Crippen molar-refractivity contribution in [2.45, 2.75) is 6.92 Å². The van der Waals surface area contributed by atoms with Gasteiger partial charge in [0.05, 0.1) is 15.8 Å². The van der Waals surface area contributed by atoms with Gasteiger partial charge in [-0.15, -0.1) is 11.3 Å². The molecule has 2 rings (SSSR count). The molecule has 2 aromatic heterocycles. The van der Waals surface area contributed by atoms with Crippen LogP contribution in [0.1, 0.15) is 17.4 Å². The van der Waals surface area contributed by atoms with E-state index in [-0.39, 0.29) is 5.69 Å². The number of carbonyl (C=O) groups excluding carboxylic acids is 1. The summed E-state index contributed by atoms with van der Waals surface area (Å²) in [6.07, 6.45) is 0. The zero-order valence-electron chi connectivity index (χ0n) is 8.40. The molecule has 0 atom stereocenters. The van der Waals surface area contributed by atoms with Crippen molar-refractivity contribution in [3.63, 3.8) is 0 Å². The van der Waals surface area contributed by atoms with Gasteiger partial charge in [-0.3, -0.25) is 0 Å². The van der Waals surface area contributed by atoms with Gasteiger partial charge in [0, 0.05) is 6.07 Å². The molecular weight excluding hydrogens is 250 g/mol. The average Bonchev–Trinajstić information content (AvgIpc) is 2.85. The first kappa shape index (κ1) is 11.2. The van der Waals surface area contributed by atoms with Crippen LogP contribution < -0.4 is 0 Å². The zero-order chi connectivity index (χ0) is 11.5. The van der Waals surface area contributed by atoms with Crippen molar-refractivity contribution in [2.24, 2.45) is 0 Å². The molecular formula is C10H8ClNO3S. The van der Waals surface area contributed by atoms with E-state index in [0.29, 0.717) is 16.7 Å². The smallest absolute Gasteiger partial charge is 0.360 e. The van der Waals surface area contributed by atoms with Crippen LogP contribution in [0.5, 0.6) is 0 Å². The van der Waals surface area contributed by atoms with Crippen LogP contribution in [-0.2, 0) is 4.74 Å². The number of nitrogens with zero attached hydrogens (tertiary/aromatic N) is 1. The standard InChI is InChI=1S/C10H8ClNO3S/c1-2-14-10(13)6-5-7(15-12-6)8-3-4-9(11)16-8/h3-5H,2H2,1H3. The van der Waals surface area contributed by atoms with Gasteiger partial charge in [0.25, 0.3) is 0 Å². The maximum atomic E-state index is 11.3. The molecule has 0 radical (unpaired) electrons. The maximum absolute atomic E-state index is 11.3. The molecule has 0 saturated heterocycles. The maximum Gasteiger partial charge on any atom is 0.360 e. The van der Waals surface area contributed by atoms with Gasteiger partial charge in [0.2, 0.25) is 0 Å². The van der Waals surface area contributed by atoms with Crippen molar-refractivity contribution in [3.05, 3.63) is 28.2 Å². The third kappa shape index (κ3) is 2.25. The molecule has 2 heterocycles. The lowest BCUT2D eigenvalue weighted by molar-refractivity contribution is 0.0514. The fourth-order valence-corrected chi connectivity index (χ4v) is 2.13. The number of thiophene rings is 1. The van der Waals surface area contributed by atoms with Gasteiger partial charge in [-0.1, -0.05) is 16.8 Å². The molecule has 0 fully saturated rings. The second kappa shape index (κ2) is 4.67. The van der Waals surface area contributed by atoms with E-state index in [9.17, 15) is 4.79 Å². The second-order valence-electron chi connectivity index (χ2n) is 2.90. The Balaban J connectivity index is 2.22. The molecule has 0 aliphatic heterocycles. The van der Waals surface area contributed by atoms with E-state index in [1.54, 1.807) is 19.1 Å². The van der Waals surface area contributed by atoms with Gasteiger partial charge in [-0.05, 0) is 19.1 Å². The Hall–Kier alpha value is -1.33. The van der Waals surface area contributed by atoms with E-state index in [1.165, 1.54) is 11.3 Å². The summed E-state index contributed by atoms with van der Waals surface area (Å²) in [5.41, 5.74) is 0.168. The summed E-state index contributed by atoms with van der Waals surface area (Å²) in [6, 6.07) is 5.11. The quantitative estimate of drug-likeness (QED) is 0.792. The van der Waals surface area contributed by atoms with Crippen LogP contribution in [0.4, 0.5) is 0 Å². The number of aromatic nitrogens is 1. The Kier molecular flexibility index (Phi) is 3.26. The van der Waals surface area contributed by atoms with Crippen molar-refractivity contribution in [1.29, 1.82) is 0 Å². The van der Waals surface area contributed by atoms with Crippen LogP contribution in [0, 0.1) is 0 Å². The molecule has 0 amide bonds. The Morgan fingerprint density at radius 3 is 3.06 bits per heavy atom. The Morgan fingerprint density at radius 2 is 2.44 bits per heavy atom. The highest BCUT2D eigenvalue weighted by atomic mass is 35.5. The van der Waals surface area contributed by atoms with Crippen LogP contribution in [-0.4, -0.2) is 17.7 Å². The molecule has 0 aliphatic rings. The summed E-state index contributed by atoms with van der Waals surface area (Å²) in [4.78, 5) is 12.2. The van der Waals surface area contributed by atoms with Crippen LogP contribution in [0.25, 0.3) is 10.6 Å². The molecule has 0 spiro atoms. The summed E-state index contributed by atoms with van der Waals surface area (Å²) in [7, 11) is 0. The van der Waals surface area contributed by atoms with E-state index in [2.05, 4.69) is 5.16 Å². The number of carbonyl (C=O) groups is 1. The first-order chi connectivity index (χ1) is 7.70. The number of halogens is 1. The number of ether oxygens (including phenoxy) is 1. The first-order valence-corrected chi connectivity index (χ1v) is 5.79. The summed E-state index contributed by atoms with van der Waals surface area (Å²) >= 11 is 7.15. The molecule has 6 heteroatoms. The Morgan fingerprint density at radius 1 is 1.62 bits per heavy atom. The van der Waals surface area contributed by atoms with Gasteiger partial charge < -0.3 is 9.26 Å². The Bertz CT molecular complexity index is 506. The van der Waals surface area contributed by atoms with Crippen molar-refractivity contribution >= 4 is 28.9 Å². The van der Waals surface area contributed by atoms with E-state index < -0.39 is 5.97 Å². The van der Waals surface area contributed by atoms with Crippen molar-refractivity contribution in [1.82, 2.24) is 5.16 Å². The normalized spacial score (nSPS) is 10.4. The van der Waals surface area contributed by atoms with Crippen LogP contribution >= 0.6 is 22.9 Å². The fourth-order valence-electron chi connectivity index (χ4n) is 1.14. The molecule has 2 aromatic rings. The fraction of sp³-hybridized carbons (Fsp3) is 0.200. The summed E-state index contributed by atoms with van der Waals surface area (Å²) in [5.74, 6) is 0.0279. The third-order valence-electron chi connectivity index (χ3n) is 1.81. The summed E-state index contributed by atoms with van der Waals surface area (Å²) in [6.45, 7) is 2.05. The predicted molar refractivity (Wildman–Crippen MR) is 60.8 cm³/mol. The molecule has 0 aliphatic carbocycles. The van der Waals surface area contributed by atoms with Crippen molar-refractivity contribution in [2.75, 3.05) is 6.61 Å². The highest BCUT2D eigenvalue weighted by Crippen LogP contribution is 2.31. The number of hydrogen-bond acceptors (Lipinski definition) is 5. The highest BCUT2D eigenvalue weighted by Gasteiger charge is 2.15. The number of esters is 1. The van der Waals surface area contributed by atoms with Crippen molar-refractivity contribution in [3.8, 4) is 10.6 Å². The van der Waals surface area contributed by atoms with E-state index >= 15 is 0 Å². The Labute approximate surface area is 101 Å². The van der Waals surface area contributed by atoms with Gasteiger partial charge >= 0.3 is 5.97 Å². The van der Waals surface area contributed by atoms with Gasteiger partial charge in [0.15, 0.2) is 11.5 Å². The highest BCUT2D eigenvalue weighted by molar-refractivity contribution is 7.19. The lowest BCUT2D eigenvalue weighted by Crippen LogP contribution is -2.04. The topological polar surface area (TPSA) is 52.3 Å². The summed E-state index contributed by atoms with van der Waals surface area (Å²) in [5, 5.41) is 3.63. The van der Waals surface area contributed by atoms with Gasteiger partial charge in [-0.2, -0.15) is 0 Å². The van der Waals surface area contributed by atoms with Crippen LogP contribution in [0.3, 0.4) is 0 Å². The lowest BCUT2D eigenvalue weighted by atomic mass is 10.3. The minimum Gasteiger partial charge on any atom is -0.461 e.